The predicted molar refractivity (Wildman–Crippen MR) is 142 cm³/mol. The van der Waals surface area contributed by atoms with Crippen molar-refractivity contribution in [3.63, 3.8) is 0 Å². The number of hydrogen-bond donors (Lipinski definition) is 1. The molecule has 0 heterocycles. The van der Waals surface area contributed by atoms with Crippen LogP contribution in [0.2, 0.25) is 5.02 Å². The van der Waals surface area contributed by atoms with E-state index >= 15 is 0 Å². The smallest absolute Gasteiger partial charge is 0.244 e. The number of nitrogens with zero attached hydrogens (tertiary/aromatic N) is 2. The highest BCUT2D eigenvalue weighted by Gasteiger charge is 2.32. The topological polar surface area (TPSA) is 86.8 Å². The molecule has 9 heteroatoms. The van der Waals surface area contributed by atoms with Crippen molar-refractivity contribution < 1.29 is 18.0 Å². The molecule has 1 N–H and O–H groups in total. The Morgan fingerprint density at radius 2 is 1.69 bits per heavy atom. The Bertz CT molecular complexity index is 1150. The van der Waals surface area contributed by atoms with E-state index in [0.717, 1.165) is 33.7 Å². The van der Waals surface area contributed by atoms with Crippen LogP contribution in [0.4, 0.5) is 5.69 Å². The third kappa shape index (κ3) is 7.70. The van der Waals surface area contributed by atoms with E-state index in [-0.39, 0.29) is 18.5 Å². The highest BCUT2D eigenvalue weighted by Crippen LogP contribution is 2.25. The molecule has 2 unspecified atom stereocenters. The zero-order valence-electron chi connectivity index (χ0n) is 21.3. The van der Waals surface area contributed by atoms with Crippen LogP contribution in [0, 0.1) is 13.8 Å². The van der Waals surface area contributed by atoms with Gasteiger partial charge in [0.1, 0.15) is 12.6 Å². The Morgan fingerprint density at radius 1 is 1.03 bits per heavy atom. The summed E-state index contributed by atoms with van der Waals surface area (Å²) in [7, 11) is -3.81. The number of nitrogens with one attached hydrogen (secondary N) is 1. The molecule has 7 nitrogen and oxygen atoms in total. The fourth-order valence-corrected chi connectivity index (χ4v) is 4.70. The van der Waals surface area contributed by atoms with Crippen LogP contribution in [0.15, 0.2) is 42.5 Å². The molecule has 2 rings (SSSR count). The molecule has 2 atom stereocenters. The van der Waals surface area contributed by atoms with Gasteiger partial charge in [-0.25, -0.2) is 8.42 Å². The van der Waals surface area contributed by atoms with E-state index in [0.29, 0.717) is 17.1 Å². The minimum Gasteiger partial charge on any atom is -0.352 e. The summed E-state index contributed by atoms with van der Waals surface area (Å²) in [5, 5.41) is 3.37. The van der Waals surface area contributed by atoms with Gasteiger partial charge in [0.15, 0.2) is 0 Å². The van der Waals surface area contributed by atoms with E-state index in [1.165, 1.54) is 11.0 Å². The summed E-state index contributed by atoms with van der Waals surface area (Å²) in [6, 6.07) is 11.7. The Labute approximate surface area is 214 Å². The molecule has 0 aromatic heterocycles. The lowest BCUT2D eigenvalue weighted by Crippen LogP contribution is -2.53. The summed E-state index contributed by atoms with van der Waals surface area (Å²) in [4.78, 5) is 28.3. The number of benzene rings is 2. The predicted octanol–water partition coefficient (Wildman–Crippen LogP) is 4.44. The molecule has 0 aliphatic heterocycles. The van der Waals surface area contributed by atoms with Crippen LogP contribution in [0.1, 0.15) is 50.3 Å². The van der Waals surface area contributed by atoms with Crippen LogP contribution in [-0.2, 0) is 26.2 Å². The van der Waals surface area contributed by atoms with Gasteiger partial charge in [-0.05, 0) is 62.4 Å². The second-order valence-electron chi connectivity index (χ2n) is 8.89. The van der Waals surface area contributed by atoms with Crippen molar-refractivity contribution in [3.05, 3.63) is 64.2 Å². The standard InChI is InChI=1S/C26H36ClN3O4S/c1-7-20(5)28-26(32)24(8-2)29(16-21-12-10-9-11-18(21)3)25(31)17-30(35(6,33)34)22-14-13-19(4)23(27)15-22/h9-15,20,24H,7-8,16-17H2,1-6H3,(H,28,32). The Hall–Kier alpha value is -2.58. The first kappa shape index (κ1) is 28.7. The van der Waals surface area contributed by atoms with Crippen molar-refractivity contribution in [3.8, 4) is 0 Å². The number of anilines is 1. The monoisotopic (exact) mass is 521 g/mol. The normalized spacial score (nSPS) is 13.1. The number of rotatable bonds is 11. The van der Waals surface area contributed by atoms with Crippen molar-refractivity contribution in [2.75, 3.05) is 17.1 Å². The number of carbonyl (C=O) groups excluding carboxylic acids is 2. The number of halogens is 1. The van der Waals surface area contributed by atoms with E-state index in [4.69, 9.17) is 11.6 Å². The maximum absolute atomic E-state index is 13.7. The molecule has 0 saturated heterocycles. The van der Waals surface area contributed by atoms with Gasteiger partial charge in [-0.1, -0.05) is 55.8 Å². The van der Waals surface area contributed by atoms with E-state index in [1.54, 1.807) is 12.1 Å². The van der Waals surface area contributed by atoms with Crippen molar-refractivity contribution >= 4 is 39.1 Å². The van der Waals surface area contributed by atoms with Gasteiger partial charge >= 0.3 is 0 Å². The first-order valence-electron chi connectivity index (χ1n) is 11.8. The molecule has 0 radical (unpaired) electrons. The number of sulfonamides is 1. The summed E-state index contributed by atoms with van der Waals surface area (Å²) >= 11 is 6.24. The molecule has 192 valence electrons. The van der Waals surface area contributed by atoms with Crippen molar-refractivity contribution in [2.24, 2.45) is 0 Å². The Morgan fingerprint density at radius 3 is 2.23 bits per heavy atom. The van der Waals surface area contributed by atoms with Crippen LogP contribution in [0.3, 0.4) is 0 Å². The average molecular weight is 522 g/mol. The average Bonchev–Trinajstić information content (AvgIpc) is 2.79. The van der Waals surface area contributed by atoms with Gasteiger partial charge in [0.05, 0.1) is 11.9 Å². The molecule has 0 bridgehead atoms. The first-order chi connectivity index (χ1) is 16.4. The van der Waals surface area contributed by atoms with Crippen molar-refractivity contribution in [1.29, 1.82) is 0 Å². The molecule has 0 fully saturated rings. The van der Waals surface area contributed by atoms with Gasteiger partial charge in [-0.3, -0.25) is 13.9 Å². The summed E-state index contributed by atoms with van der Waals surface area (Å²) in [5.41, 5.74) is 2.96. The maximum Gasteiger partial charge on any atom is 0.244 e. The molecule has 0 saturated carbocycles. The molecule has 2 aromatic rings. The van der Waals surface area contributed by atoms with Crippen molar-refractivity contribution in [1.82, 2.24) is 10.2 Å². The van der Waals surface area contributed by atoms with Crippen LogP contribution in [0.25, 0.3) is 0 Å². The molecule has 0 aliphatic carbocycles. The van der Waals surface area contributed by atoms with Gasteiger partial charge in [0, 0.05) is 17.6 Å². The van der Waals surface area contributed by atoms with Gasteiger partial charge in [0.2, 0.25) is 21.8 Å². The SMILES string of the molecule is CCC(C)NC(=O)C(CC)N(Cc1ccccc1C)C(=O)CN(c1ccc(C)c(Cl)c1)S(C)(=O)=O. The first-order valence-corrected chi connectivity index (χ1v) is 14.0. The van der Waals surface area contributed by atoms with E-state index in [1.807, 2.05) is 58.9 Å². The van der Waals surface area contributed by atoms with Crippen LogP contribution < -0.4 is 9.62 Å². The number of amides is 2. The van der Waals surface area contributed by atoms with Gasteiger partial charge in [-0.15, -0.1) is 0 Å². The largest absolute Gasteiger partial charge is 0.352 e. The number of aryl methyl sites for hydroxylation is 2. The minimum atomic E-state index is -3.81. The zero-order valence-corrected chi connectivity index (χ0v) is 22.9. The van der Waals surface area contributed by atoms with Crippen LogP contribution in [-0.4, -0.2) is 50.0 Å². The minimum absolute atomic E-state index is 0.0471. The quantitative estimate of drug-likeness (QED) is 0.473. The molecule has 2 amide bonds. The van der Waals surface area contributed by atoms with Crippen molar-refractivity contribution in [2.45, 2.75) is 66.1 Å². The highest BCUT2D eigenvalue weighted by molar-refractivity contribution is 7.92. The maximum atomic E-state index is 13.7. The highest BCUT2D eigenvalue weighted by atomic mass is 35.5. The van der Waals surface area contributed by atoms with Gasteiger partial charge in [0.25, 0.3) is 0 Å². The second kappa shape index (κ2) is 12.4. The lowest BCUT2D eigenvalue weighted by molar-refractivity contribution is -0.140. The molecule has 2 aromatic carbocycles. The molecule has 0 aliphatic rings. The van der Waals surface area contributed by atoms with E-state index in [9.17, 15) is 18.0 Å². The lowest BCUT2D eigenvalue weighted by atomic mass is 10.1. The molecular weight excluding hydrogens is 486 g/mol. The Balaban J connectivity index is 2.47. The fourth-order valence-electron chi connectivity index (χ4n) is 3.68. The third-order valence-electron chi connectivity index (χ3n) is 6.11. The van der Waals surface area contributed by atoms with Crippen LogP contribution >= 0.6 is 11.6 Å². The Kier molecular flexibility index (Phi) is 10.2. The fraction of sp³-hybridized carbons (Fsp3) is 0.462. The van der Waals surface area contributed by atoms with Gasteiger partial charge in [-0.2, -0.15) is 0 Å². The van der Waals surface area contributed by atoms with E-state index in [2.05, 4.69) is 5.32 Å². The lowest BCUT2D eigenvalue weighted by Gasteiger charge is -2.33. The molecule has 0 spiro atoms. The zero-order chi connectivity index (χ0) is 26.3. The second-order valence-corrected chi connectivity index (χ2v) is 11.2. The summed E-state index contributed by atoms with van der Waals surface area (Å²) in [5.74, 6) is -0.727. The number of hydrogen-bond acceptors (Lipinski definition) is 4. The number of carbonyl (C=O) groups is 2. The van der Waals surface area contributed by atoms with Crippen LogP contribution in [0.5, 0.6) is 0 Å². The molecular formula is C26H36ClN3O4S. The van der Waals surface area contributed by atoms with E-state index < -0.39 is 28.5 Å². The summed E-state index contributed by atoms with van der Waals surface area (Å²) < 4.78 is 26.4. The summed E-state index contributed by atoms with van der Waals surface area (Å²) in [6.45, 7) is 9.21. The third-order valence-corrected chi connectivity index (χ3v) is 7.66. The molecule has 35 heavy (non-hydrogen) atoms. The van der Waals surface area contributed by atoms with Gasteiger partial charge < -0.3 is 10.2 Å². The summed E-state index contributed by atoms with van der Waals surface area (Å²) in [6.07, 6.45) is 2.19.